The van der Waals surface area contributed by atoms with Crippen LogP contribution in [0.1, 0.15) is 60.9 Å². The first kappa shape index (κ1) is 20.3. The van der Waals surface area contributed by atoms with Gasteiger partial charge in [-0.2, -0.15) is 5.26 Å². The number of carboxylic acids is 1. The zero-order valence-corrected chi connectivity index (χ0v) is 16.9. The maximum Gasteiger partial charge on any atom is 0.308 e. The summed E-state index contributed by atoms with van der Waals surface area (Å²) < 4.78 is 1.75. The standard InChI is InChI=1S/C23H27N3O4/c24-13-14-5-8-16(11-20(14)25-15-6-9-17(27)10-7-15)26-21-4-2-1-3-18(21)19(23(26)30)12-22(28)29/h5,8,11,15,17,25,27,30H,1-4,6-7,9-10,12H2,(H,28,29). The third-order valence-electron chi connectivity index (χ3n) is 6.32. The Labute approximate surface area is 175 Å². The summed E-state index contributed by atoms with van der Waals surface area (Å²) in [5.41, 5.74) is 4.36. The van der Waals surface area contributed by atoms with Crippen molar-refractivity contribution in [3.8, 4) is 17.6 Å². The summed E-state index contributed by atoms with van der Waals surface area (Å²) in [5, 5.41) is 43.0. The van der Waals surface area contributed by atoms with Gasteiger partial charge in [0.15, 0.2) is 5.88 Å². The Morgan fingerprint density at radius 2 is 1.93 bits per heavy atom. The predicted molar refractivity (Wildman–Crippen MR) is 112 cm³/mol. The van der Waals surface area contributed by atoms with Crippen LogP contribution in [0.3, 0.4) is 0 Å². The Balaban J connectivity index is 1.73. The molecule has 4 N–H and O–H groups in total. The van der Waals surface area contributed by atoms with E-state index in [1.54, 1.807) is 16.7 Å². The first-order valence-corrected chi connectivity index (χ1v) is 10.6. The van der Waals surface area contributed by atoms with Gasteiger partial charge in [0.2, 0.25) is 0 Å². The lowest BCUT2D eigenvalue weighted by atomic mass is 9.92. The molecule has 1 aromatic carbocycles. The molecule has 0 bridgehead atoms. The molecule has 30 heavy (non-hydrogen) atoms. The predicted octanol–water partition coefficient (Wildman–Crippen LogP) is 3.28. The lowest BCUT2D eigenvalue weighted by Crippen LogP contribution is -2.28. The first-order chi connectivity index (χ1) is 14.5. The SMILES string of the molecule is N#Cc1ccc(-n2c(O)c(CC(=O)O)c3c2CCCC3)cc1NC1CCC(O)CC1. The number of nitrogens with zero attached hydrogens (tertiary/aromatic N) is 2. The molecule has 0 aliphatic heterocycles. The number of hydrogen-bond donors (Lipinski definition) is 4. The number of carbonyl (C=O) groups is 1. The molecular formula is C23H27N3O4. The van der Waals surface area contributed by atoms with Crippen molar-refractivity contribution < 1.29 is 20.1 Å². The van der Waals surface area contributed by atoms with Crippen LogP contribution in [-0.4, -0.2) is 38.0 Å². The van der Waals surface area contributed by atoms with Crippen LogP contribution < -0.4 is 5.32 Å². The summed E-state index contributed by atoms with van der Waals surface area (Å²) in [6.07, 6.45) is 6.23. The monoisotopic (exact) mass is 409 g/mol. The molecule has 1 saturated carbocycles. The minimum Gasteiger partial charge on any atom is -0.494 e. The van der Waals surface area contributed by atoms with Crippen LogP contribution >= 0.6 is 0 Å². The molecule has 0 spiro atoms. The number of carboxylic acid groups (broad SMARTS) is 1. The van der Waals surface area contributed by atoms with E-state index in [0.717, 1.165) is 68.3 Å². The molecule has 2 aliphatic carbocycles. The lowest BCUT2D eigenvalue weighted by Gasteiger charge is -2.27. The minimum atomic E-state index is -0.961. The molecule has 158 valence electrons. The molecule has 0 amide bonds. The maximum absolute atomic E-state index is 11.4. The largest absolute Gasteiger partial charge is 0.494 e. The van der Waals surface area contributed by atoms with E-state index in [4.69, 9.17) is 0 Å². The Hall–Kier alpha value is -2.98. The van der Waals surface area contributed by atoms with Gasteiger partial charge in [0.05, 0.1) is 29.5 Å². The third-order valence-corrected chi connectivity index (χ3v) is 6.32. The number of nitrogens with one attached hydrogen (secondary N) is 1. The molecule has 7 heteroatoms. The average Bonchev–Trinajstić information content (AvgIpc) is 3.01. The van der Waals surface area contributed by atoms with E-state index in [2.05, 4.69) is 11.4 Å². The number of aliphatic hydroxyl groups excluding tert-OH is 1. The van der Waals surface area contributed by atoms with Crippen molar-refractivity contribution in [1.29, 1.82) is 5.26 Å². The van der Waals surface area contributed by atoms with Gasteiger partial charge in [-0.1, -0.05) is 0 Å². The van der Waals surface area contributed by atoms with Crippen molar-refractivity contribution in [1.82, 2.24) is 4.57 Å². The Bertz CT molecular complexity index is 997. The Morgan fingerprint density at radius 3 is 2.63 bits per heavy atom. The van der Waals surface area contributed by atoms with Gasteiger partial charge < -0.3 is 20.6 Å². The number of hydrogen-bond acceptors (Lipinski definition) is 5. The number of anilines is 1. The number of aromatic hydroxyl groups is 1. The van der Waals surface area contributed by atoms with Gasteiger partial charge in [-0.25, -0.2) is 0 Å². The van der Waals surface area contributed by atoms with Gasteiger partial charge in [0.1, 0.15) is 6.07 Å². The first-order valence-electron chi connectivity index (χ1n) is 10.6. The normalized spacial score (nSPS) is 20.9. The molecule has 1 aromatic heterocycles. The van der Waals surface area contributed by atoms with Crippen molar-refractivity contribution in [3.05, 3.63) is 40.6 Å². The summed E-state index contributed by atoms with van der Waals surface area (Å²) in [4.78, 5) is 11.4. The quantitative estimate of drug-likeness (QED) is 0.602. The van der Waals surface area contributed by atoms with Gasteiger partial charge in [-0.15, -0.1) is 0 Å². The number of aliphatic hydroxyl groups is 1. The lowest BCUT2D eigenvalue weighted by molar-refractivity contribution is -0.136. The molecule has 0 unspecified atom stereocenters. The van der Waals surface area contributed by atoms with Crippen LogP contribution in [0, 0.1) is 11.3 Å². The van der Waals surface area contributed by atoms with Crippen LogP contribution in [0.4, 0.5) is 5.69 Å². The van der Waals surface area contributed by atoms with Gasteiger partial charge in [0.25, 0.3) is 0 Å². The van der Waals surface area contributed by atoms with E-state index < -0.39 is 5.97 Å². The van der Waals surface area contributed by atoms with E-state index in [9.17, 15) is 25.4 Å². The van der Waals surface area contributed by atoms with Crippen molar-refractivity contribution in [3.63, 3.8) is 0 Å². The van der Waals surface area contributed by atoms with Gasteiger partial charge in [-0.3, -0.25) is 9.36 Å². The topological polar surface area (TPSA) is 119 Å². The Morgan fingerprint density at radius 1 is 1.20 bits per heavy atom. The van der Waals surface area contributed by atoms with Crippen LogP contribution in [-0.2, 0) is 24.1 Å². The molecule has 7 nitrogen and oxygen atoms in total. The van der Waals surface area contributed by atoms with Crippen LogP contribution in [0.5, 0.6) is 5.88 Å². The number of fused-ring (bicyclic) bond motifs is 1. The number of nitriles is 1. The van der Waals surface area contributed by atoms with E-state index >= 15 is 0 Å². The zero-order valence-electron chi connectivity index (χ0n) is 16.9. The highest BCUT2D eigenvalue weighted by Crippen LogP contribution is 2.38. The van der Waals surface area contributed by atoms with E-state index in [1.807, 2.05) is 6.07 Å². The molecule has 0 saturated heterocycles. The second-order valence-electron chi connectivity index (χ2n) is 8.33. The highest BCUT2D eigenvalue weighted by Gasteiger charge is 2.27. The molecule has 2 aromatic rings. The summed E-state index contributed by atoms with van der Waals surface area (Å²) in [6.45, 7) is 0. The number of benzene rings is 1. The average molecular weight is 409 g/mol. The maximum atomic E-state index is 11.4. The van der Waals surface area contributed by atoms with E-state index in [1.165, 1.54) is 0 Å². The molecule has 1 fully saturated rings. The fraction of sp³-hybridized carbons (Fsp3) is 0.478. The molecular weight excluding hydrogens is 382 g/mol. The third kappa shape index (κ3) is 3.88. The van der Waals surface area contributed by atoms with Crippen molar-refractivity contribution >= 4 is 11.7 Å². The van der Waals surface area contributed by atoms with Crippen molar-refractivity contribution in [2.24, 2.45) is 0 Å². The molecule has 0 atom stereocenters. The number of aromatic nitrogens is 1. The molecule has 1 heterocycles. The second-order valence-corrected chi connectivity index (χ2v) is 8.33. The van der Waals surface area contributed by atoms with Crippen LogP contribution in [0.2, 0.25) is 0 Å². The van der Waals surface area contributed by atoms with E-state index in [0.29, 0.717) is 16.8 Å². The van der Waals surface area contributed by atoms with Crippen LogP contribution in [0.25, 0.3) is 5.69 Å². The van der Waals surface area contributed by atoms with Crippen molar-refractivity contribution in [2.45, 2.75) is 69.9 Å². The fourth-order valence-corrected chi connectivity index (χ4v) is 4.80. The zero-order chi connectivity index (χ0) is 21.3. The summed E-state index contributed by atoms with van der Waals surface area (Å²) >= 11 is 0. The molecule has 2 aliphatic rings. The number of rotatable bonds is 5. The summed E-state index contributed by atoms with van der Waals surface area (Å²) in [5.74, 6) is -0.974. The minimum absolute atomic E-state index is 0.0132. The molecule has 0 radical (unpaired) electrons. The number of aliphatic carboxylic acids is 1. The van der Waals surface area contributed by atoms with Gasteiger partial charge >= 0.3 is 5.97 Å². The smallest absolute Gasteiger partial charge is 0.308 e. The Kier molecular flexibility index (Phi) is 5.69. The van der Waals surface area contributed by atoms with Crippen molar-refractivity contribution in [2.75, 3.05) is 5.32 Å². The highest BCUT2D eigenvalue weighted by molar-refractivity contribution is 5.73. The molecule has 4 rings (SSSR count). The van der Waals surface area contributed by atoms with E-state index in [-0.39, 0.29) is 24.4 Å². The highest BCUT2D eigenvalue weighted by atomic mass is 16.4. The summed E-state index contributed by atoms with van der Waals surface area (Å²) in [6, 6.07) is 7.81. The summed E-state index contributed by atoms with van der Waals surface area (Å²) in [7, 11) is 0. The fourth-order valence-electron chi connectivity index (χ4n) is 4.80. The van der Waals surface area contributed by atoms with Gasteiger partial charge in [-0.05, 0) is 75.1 Å². The second kappa shape index (κ2) is 8.41. The van der Waals surface area contributed by atoms with Crippen LogP contribution in [0.15, 0.2) is 18.2 Å². The van der Waals surface area contributed by atoms with Gasteiger partial charge in [0, 0.05) is 17.3 Å².